The molecule has 0 aliphatic rings. The fourth-order valence-corrected chi connectivity index (χ4v) is 2.50. The van der Waals surface area contributed by atoms with Crippen LogP contribution in [-0.2, 0) is 16.3 Å². The molecule has 1 nitrogen and oxygen atoms in total. The molecule has 0 aliphatic heterocycles. The Morgan fingerprint density at radius 2 is 1.40 bits per heavy atom. The molecule has 0 spiro atoms. The Morgan fingerprint density at radius 3 is 1.87 bits per heavy atom. The lowest BCUT2D eigenvalue weighted by molar-refractivity contribution is 0.347. The molecular formula is C10H23OPS3. The average molecular weight is 286 g/mol. The highest BCUT2D eigenvalue weighted by atomic mass is 33.2. The summed E-state index contributed by atoms with van der Waals surface area (Å²) in [7, 11) is 0. The number of thiol groups is 2. The third kappa shape index (κ3) is 15.3. The van der Waals surface area contributed by atoms with Gasteiger partial charge in [-0.25, -0.2) is 0 Å². The van der Waals surface area contributed by atoms with E-state index in [1.807, 2.05) is 0 Å². The zero-order valence-electron chi connectivity index (χ0n) is 9.52. The predicted octanol–water partition coefficient (Wildman–Crippen LogP) is 5.23. The van der Waals surface area contributed by atoms with E-state index in [2.05, 4.69) is 31.4 Å². The maximum absolute atomic E-state index is 5.33. The van der Waals surface area contributed by atoms with E-state index >= 15 is 0 Å². The molecule has 0 unspecified atom stereocenters. The molecule has 0 amide bonds. The van der Waals surface area contributed by atoms with E-state index in [4.69, 9.17) is 16.3 Å². The first-order chi connectivity index (χ1) is 7.06. The smallest absolute Gasteiger partial charge is 0.168 e. The molecule has 0 rings (SSSR count). The van der Waals surface area contributed by atoms with Gasteiger partial charge in [0.15, 0.2) is 4.67 Å². The van der Waals surface area contributed by atoms with Crippen molar-refractivity contribution in [2.45, 2.75) is 58.3 Å². The first-order valence-corrected chi connectivity index (χ1v) is 10.8. The summed E-state index contributed by atoms with van der Waals surface area (Å²) >= 11 is 13.2. The Morgan fingerprint density at radius 1 is 0.933 bits per heavy atom. The Hall–Kier alpha value is 1.31. The molecular weight excluding hydrogens is 263 g/mol. The van der Waals surface area contributed by atoms with Crippen molar-refractivity contribution in [2.24, 2.45) is 0 Å². The van der Waals surface area contributed by atoms with Crippen LogP contribution in [0.4, 0.5) is 0 Å². The van der Waals surface area contributed by atoms with Crippen LogP contribution in [0.15, 0.2) is 0 Å². The maximum Gasteiger partial charge on any atom is 0.168 e. The van der Waals surface area contributed by atoms with Crippen LogP contribution in [0, 0.1) is 0 Å². The van der Waals surface area contributed by atoms with Gasteiger partial charge in [0.25, 0.3) is 0 Å². The molecule has 0 heterocycles. The zero-order valence-corrected chi connectivity index (χ0v) is 13.0. The van der Waals surface area contributed by atoms with Crippen molar-refractivity contribution in [3.05, 3.63) is 0 Å². The minimum atomic E-state index is -2.01. The lowest BCUT2D eigenvalue weighted by Crippen LogP contribution is -1.88. The molecule has 92 valence electrons. The topological polar surface area (TPSA) is 9.23 Å². The highest BCUT2D eigenvalue weighted by Gasteiger charge is 2.02. The summed E-state index contributed by atoms with van der Waals surface area (Å²) in [6, 6.07) is 0. The molecule has 0 aromatic heterocycles. The number of hydrogen-bond acceptors (Lipinski definition) is 2. The molecule has 5 heteroatoms. The molecule has 15 heavy (non-hydrogen) atoms. The summed E-state index contributed by atoms with van der Waals surface area (Å²) < 4.78 is 3.31. The molecule has 0 bridgehead atoms. The monoisotopic (exact) mass is 286 g/mol. The van der Waals surface area contributed by atoms with Gasteiger partial charge in [0.2, 0.25) is 0 Å². The van der Waals surface area contributed by atoms with Gasteiger partial charge in [0.05, 0.1) is 6.61 Å². The second-order valence-electron chi connectivity index (χ2n) is 3.80. The quantitative estimate of drug-likeness (QED) is 0.323. The van der Waals surface area contributed by atoms with Gasteiger partial charge in [-0.1, -0.05) is 51.9 Å². The van der Waals surface area contributed by atoms with Gasteiger partial charge in [-0.3, -0.25) is 0 Å². The van der Waals surface area contributed by atoms with Crippen molar-refractivity contribution in [2.75, 3.05) is 6.61 Å². The molecule has 0 radical (unpaired) electrons. The van der Waals surface area contributed by atoms with Crippen LogP contribution in [0.2, 0.25) is 0 Å². The summed E-state index contributed by atoms with van der Waals surface area (Å²) in [6.45, 7) is 2.97. The van der Waals surface area contributed by atoms with Gasteiger partial charge in [0, 0.05) is 0 Å². The lowest BCUT2D eigenvalue weighted by Gasteiger charge is -2.08. The van der Waals surface area contributed by atoms with E-state index in [1.165, 1.54) is 44.9 Å². The third-order valence-corrected chi connectivity index (χ3v) is 3.79. The minimum Gasteiger partial charge on any atom is -0.334 e. The van der Waals surface area contributed by atoms with Crippen molar-refractivity contribution < 1.29 is 4.52 Å². The molecule has 0 saturated heterocycles. The first kappa shape index (κ1) is 16.3. The second-order valence-corrected chi connectivity index (χ2v) is 12.5. The Labute approximate surface area is 110 Å². The van der Waals surface area contributed by atoms with Crippen LogP contribution < -0.4 is 0 Å². The summed E-state index contributed by atoms with van der Waals surface area (Å²) in [6.07, 6.45) is 10.5. The van der Waals surface area contributed by atoms with Gasteiger partial charge in [-0.15, -0.1) is 24.5 Å². The van der Waals surface area contributed by atoms with Crippen molar-refractivity contribution >= 4 is 41.0 Å². The zero-order chi connectivity index (χ0) is 11.6. The van der Waals surface area contributed by atoms with E-state index in [9.17, 15) is 0 Å². The van der Waals surface area contributed by atoms with Gasteiger partial charge >= 0.3 is 0 Å². The van der Waals surface area contributed by atoms with Crippen molar-refractivity contribution in [3.8, 4) is 0 Å². The van der Waals surface area contributed by atoms with Crippen LogP contribution >= 0.6 is 29.2 Å². The summed E-state index contributed by atoms with van der Waals surface area (Å²) in [4.78, 5) is 0. The largest absolute Gasteiger partial charge is 0.334 e. The molecule has 0 saturated carbocycles. The normalized spacial score (nSPS) is 11.9. The van der Waals surface area contributed by atoms with Crippen molar-refractivity contribution in [1.82, 2.24) is 0 Å². The van der Waals surface area contributed by atoms with Crippen LogP contribution in [0.3, 0.4) is 0 Å². The van der Waals surface area contributed by atoms with Crippen LogP contribution in [0.1, 0.15) is 58.3 Å². The second kappa shape index (κ2) is 10.5. The Bertz CT molecular complexity index is 182. The molecule has 0 aromatic carbocycles. The highest BCUT2D eigenvalue weighted by Crippen LogP contribution is 2.56. The van der Waals surface area contributed by atoms with Gasteiger partial charge in [-0.2, -0.15) is 0 Å². The van der Waals surface area contributed by atoms with E-state index in [0.29, 0.717) is 0 Å². The van der Waals surface area contributed by atoms with E-state index in [1.54, 1.807) is 0 Å². The molecule has 0 aromatic rings. The Balaban J connectivity index is 3.02. The predicted molar refractivity (Wildman–Crippen MR) is 80.8 cm³/mol. The third-order valence-electron chi connectivity index (χ3n) is 2.26. The van der Waals surface area contributed by atoms with E-state index in [0.717, 1.165) is 13.0 Å². The molecule has 0 fully saturated rings. The maximum atomic E-state index is 5.33. The number of rotatable bonds is 10. The van der Waals surface area contributed by atoms with Crippen molar-refractivity contribution in [1.29, 1.82) is 0 Å². The van der Waals surface area contributed by atoms with E-state index < -0.39 is 4.67 Å². The molecule has 0 atom stereocenters. The molecule has 0 N–H and O–H groups in total. The summed E-state index contributed by atoms with van der Waals surface area (Å²) in [5.41, 5.74) is 0. The SMILES string of the molecule is CCCCCCCCCCOP(=S)(S)S. The van der Waals surface area contributed by atoms with Crippen molar-refractivity contribution in [3.63, 3.8) is 0 Å². The fraction of sp³-hybridized carbons (Fsp3) is 1.00. The number of unbranched alkanes of at least 4 members (excludes halogenated alkanes) is 7. The summed E-state index contributed by atoms with van der Waals surface area (Å²) in [5, 5.41) is 0. The van der Waals surface area contributed by atoms with Gasteiger partial charge in [0.1, 0.15) is 0 Å². The van der Waals surface area contributed by atoms with Crippen LogP contribution in [0.5, 0.6) is 0 Å². The minimum absolute atomic E-state index is 0.721. The first-order valence-electron chi connectivity index (χ1n) is 5.76. The van der Waals surface area contributed by atoms with Gasteiger partial charge < -0.3 is 4.52 Å². The summed E-state index contributed by atoms with van der Waals surface area (Å²) in [5.74, 6) is 0. The lowest BCUT2D eigenvalue weighted by atomic mass is 10.1. The standard InChI is InChI=1S/C10H23OPS3/c1-2-3-4-5-6-7-8-9-10-11-12(13,14)15/h2-10H2,1H3,(H2,13,14,15). The fourth-order valence-electron chi connectivity index (χ4n) is 1.42. The number of hydrogen-bond donors (Lipinski definition) is 2. The van der Waals surface area contributed by atoms with Crippen LogP contribution in [-0.4, -0.2) is 6.61 Å². The van der Waals surface area contributed by atoms with Gasteiger partial charge in [-0.05, 0) is 18.2 Å². The molecule has 0 aliphatic carbocycles. The Kier molecular flexibility index (Phi) is 11.4. The average Bonchev–Trinajstić information content (AvgIpc) is 2.14. The van der Waals surface area contributed by atoms with E-state index in [-0.39, 0.29) is 0 Å². The van der Waals surface area contributed by atoms with Crippen LogP contribution in [0.25, 0.3) is 0 Å². The highest BCUT2D eigenvalue weighted by molar-refractivity contribution is 8.90.